The van der Waals surface area contributed by atoms with E-state index >= 15 is 0 Å². The van der Waals surface area contributed by atoms with Crippen LogP contribution >= 0.6 is 0 Å². The van der Waals surface area contributed by atoms with Crippen LogP contribution in [0, 0.1) is 5.92 Å². The van der Waals surface area contributed by atoms with E-state index in [1.807, 2.05) is 6.20 Å². The summed E-state index contributed by atoms with van der Waals surface area (Å²) in [6.07, 6.45) is 9.80. The Morgan fingerprint density at radius 1 is 1.50 bits per heavy atom. The number of rotatable bonds is 0. The normalized spacial score (nSPS) is 28.7. The molecule has 0 spiro atoms. The fraction of sp³-hybridized carbons (Fsp3) is 0.333. The van der Waals surface area contributed by atoms with E-state index in [0.29, 0.717) is 5.92 Å². The predicted octanol–water partition coefficient (Wildman–Crippen LogP) is 1.95. The van der Waals surface area contributed by atoms with Crippen molar-refractivity contribution in [1.29, 1.82) is 0 Å². The largest absolute Gasteiger partial charge is 0.365 e. The molecule has 0 aromatic heterocycles. The zero-order valence-corrected chi connectivity index (χ0v) is 6.09. The van der Waals surface area contributed by atoms with Crippen LogP contribution in [0.25, 0.3) is 0 Å². The first kappa shape index (κ1) is 5.78. The second-order valence-electron chi connectivity index (χ2n) is 2.95. The average Bonchev–Trinajstić information content (AvgIpc) is 2.33. The highest BCUT2D eigenvalue weighted by Crippen LogP contribution is 2.27. The van der Waals surface area contributed by atoms with Crippen LogP contribution in [-0.4, -0.2) is 0 Å². The third-order valence-corrected chi connectivity index (χ3v) is 2.07. The fourth-order valence-electron chi connectivity index (χ4n) is 1.47. The van der Waals surface area contributed by atoms with Gasteiger partial charge in [-0.3, -0.25) is 0 Å². The van der Waals surface area contributed by atoms with E-state index in [2.05, 4.69) is 30.5 Å². The molecule has 0 saturated carbocycles. The van der Waals surface area contributed by atoms with E-state index in [9.17, 15) is 0 Å². The topological polar surface area (TPSA) is 12.0 Å². The van der Waals surface area contributed by atoms with Crippen LogP contribution < -0.4 is 5.32 Å². The van der Waals surface area contributed by atoms with E-state index in [1.54, 1.807) is 0 Å². The number of allylic oxidation sites excluding steroid dienone is 4. The van der Waals surface area contributed by atoms with Crippen molar-refractivity contribution < 1.29 is 0 Å². The molecule has 1 aliphatic carbocycles. The van der Waals surface area contributed by atoms with Gasteiger partial charge < -0.3 is 5.32 Å². The number of hydrogen-bond donors (Lipinski definition) is 1. The molecule has 0 radical (unpaired) electrons. The van der Waals surface area contributed by atoms with Crippen LogP contribution in [0.4, 0.5) is 0 Å². The Hall–Kier alpha value is -0.980. The SMILES string of the molecule is CC1=CC=C2NC=CC2C1. The molecule has 0 aromatic rings. The molecule has 52 valence electrons. The summed E-state index contributed by atoms with van der Waals surface area (Å²) in [5.41, 5.74) is 2.83. The van der Waals surface area contributed by atoms with Crippen molar-refractivity contribution in [2.24, 2.45) is 5.92 Å². The van der Waals surface area contributed by atoms with Crippen LogP contribution in [0.15, 0.2) is 35.7 Å². The van der Waals surface area contributed by atoms with Gasteiger partial charge in [-0.2, -0.15) is 0 Å². The Labute approximate surface area is 61.1 Å². The van der Waals surface area contributed by atoms with Crippen LogP contribution in [0.5, 0.6) is 0 Å². The molecule has 0 aromatic carbocycles. The lowest BCUT2D eigenvalue weighted by molar-refractivity contribution is 0.726. The van der Waals surface area contributed by atoms with E-state index < -0.39 is 0 Å². The zero-order valence-electron chi connectivity index (χ0n) is 6.09. The molecule has 1 heterocycles. The van der Waals surface area contributed by atoms with E-state index in [0.717, 1.165) is 0 Å². The Balaban J connectivity index is 2.28. The van der Waals surface area contributed by atoms with E-state index in [-0.39, 0.29) is 0 Å². The van der Waals surface area contributed by atoms with E-state index in [1.165, 1.54) is 17.7 Å². The maximum atomic E-state index is 3.22. The lowest BCUT2D eigenvalue weighted by atomic mass is 9.94. The Kier molecular flexibility index (Phi) is 1.16. The predicted molar refractivity (Wildman–Crippen MR) is 42.2 cm³/mol. The fourth-order valence-corrected chi connectivity index (χ4v) is 1.47. The summed E-state index contributed by atoms with van der Waals surface area (Å²) in [5.74, 6) is 0.644. The molecule has 2 rings (SSSR count). The molecule has 1 N–H and O–H groups in total. The van der Waals surface area contributed by atoms with Gasteiger partial charge in [0.1, 0.15) is 0 Å². The van der Waals surface area contributed by atoms with Crippen molar-refractivity contribution in [3.63, 3.8) is 0 Å². The van der Waals surface area contributed by atoms with Crippen LogP contribution in [0.2, 0.25) is 0 Å². The molecule has 0 bridgehead atoms. The minimum Gasteiger partial charge on any atom is -0.365 e. The van der Waals surface area contributed by atoms with Gasteiger partial charge in [-0.15, -0.1) is 0 Å². The minimum absolute atomic E-state index is 0.644. The summed E-state index contributed by atoms with van der Waals surface area (Å²) < 4.78 is 0. The van der Waals surface area contributed by atoms with Crippen molar-refractivity contribution in [3.05, 3.63) is 35.7 Å². The van der Waals surface area contributed by atoms with Crippen molar-refractivity contribution in [3.8, 4) is 0 Å². The van der Waals surface area contributed by atoms with Gasteiger partial charge >= 0.3 is 0 Å². The van der Waals surface area contributed by atoms with E-state index in [4.69, 9.17) is 0 Å². The molecule has 1 heteroatoms. The average molecular weight is 133 g/mol. The molecule has 0 saturated heterocycles. The molecule has 1 atom stereocenters. The van der Waals surface area contributed by atoms with Crippen molar-refractivity contribution >= 4 is 0 Å². The molecule has 1 nitrogen and oxygen atoms in total. The van der Waals surface area contributed by atoms with Crippen molar-refractivity contribution in [1.82, 2.24) is 5.32 Å². The number of nitrogens with one attached hydrogen (secondary N) is 1. The summed E-state index contributed by atoms with van der Waals surface area (Å²) in [4.78, 5) is 0. The molecule has 0 amide bonds. The monoisotopic (exact) mass is 133 g/mol. The molecule has 0 fully saturated rings. The maximum absolute atomic E-state index is 3.22. The van der Waals surface area contributed by atoms with Crippen molar-refractivity contribution in [2.75, 3.05) is 0 Å². The lowest BCUT2D eigenvalue weighted by Crippen LogP contribution is -2.09. The van der Waals surface area contributed by atoms with Gasteiger partial charge in [-0.25, -0.2) is 0 Å². The Morgan fingerprint density at radius 2 is 2.40 bits per heavy atom. The first-order chi connectivity index (χ1) is 4.86. The zero-order chi connectivity index (χ0) is 6.97. The Bertz CT molecular complexity index is 233. The molecule has 2 aliphatic rings. The first-order valence-corrected chi connectivity index (χ1v) is 3.67. The number of hydrogen-bond acceptors (Lipinski definition) is 1. The Morgan fingerprint density at radius 3 is 3.30 bits per heavy atom. The second kappa shape index (κ2) is 2.01. The van der Waals surface area contributed by atoms with Gasteiger partial charge in [0.2, 0.25) is 0 Å². The molecule has 1 unspecified atom stereocenters. The van der Waals surface area contributed by atoms with Gasteiger partial charge in [0.05, 0.1) is 0 Å². The summed E-state index contributed by atoms with van der Waals surface area (Å²) >= 11 is 0. The summed E-state index contributed by atoms with van der Waals surface area (Å²) in [6, 6.07) is 0. The smallest absolute Gasteiger partial charge is 0.0224 e. The van der Waals surface area contributed by atoms with Crippen LogP contribution in [-0.2, 0) is 0 Å². The first-order valence-electron chi connectivity index (χ1n) is 3.67. The summed E-state index contributed by atoms with van der Waals surface area (Å²) in [7, 11) is 0. The third-order valence-electron chi connectivity index (χ3n) is 2.07. The van der Waals surface area contributed by atoms with Gasteiger partial charge in [0.25, 0.3) is 0 Å². The summed E-state index contributed by atoms with van der Waals surface area (Å²) in [5, 5.41) is 3.22. The molecular formula is C9H11N. The van der Waals surface area contributed by atoms with Gasteiger partial charge in [-0.05, 0) is 25.6 Å². The summed E-state index contributed by atoms with van der Waals surface area (Å²) in [6.45, 7) is 2.18. The minimum atomic E-state index is 0.644. The highest BCUT2D eigenvalue weighted by atomic mass is 14.9. The quantitative estimate of drug-likeness (QED) is 0.532. The maximum Gasteiger partial charge on any atom is 0.0224 e. The highest BCUT2D eigenvalue weighted by molar-refractivity contribution is 5.31. The lowest BCUT2D eigenvalue weighted by Gasteiger charge is -2.14. The molecule has 1 aliphatic heterocycles. The third kappa shape index (κ3) is 0.783. The van der Waals surface area contributed by atoms with Crippen LogP contribution in [0.3, 0.4) is 0 Å². The van der Waals surface area contributed by atoms with Gasteiger partial charge in [0.15, 0.2) is 0 Å². The van der Waals surface area contributed by atoms with Crippen LogP contribution in [0.1, 0.15) is 13.3 Å². The number of fused-ring (bicyclic) bond motifs is 1. The molecular weight excluding hydrogens is 122 g/mol. The molecule has 10 heavy (non-hydrogen) atoms. The van der Waals surface area contributed by atoms with Crippen molar-refractivity contribution in [2.45, 2.75) is 13.3 Å². The standard InChI is InChI=1S/C9H11N/c1-7-2-3-9-8(6-7)4-5-10-9/h2-5,8,10H,6H2,1H3. The van der Waals surface area contributed by atoms with Gasteiger partial charge in [0, 0.05) is 11.6 Å². The van der Waals surface area contributed by atoms with Gasteiger partial charge in [-0.1, -0.05) is 17.7 Å². The highest BCUT2D eigenvalue weighted by Gasteiger charge is 2.17. The second-order valence-corrected chi connectivity index (χ2v) is 2.95.